The maximum atomic E-state index is 12.5. The van der Waals surface area contributed by atoms with Gasteiger partial charge in [0.15, 0.2) is 0 Å². The monoisotopic (exact) mass is 200 g/mol. The summed E-state index contributed by atoms with van der Waals surface area (Å²) >= 11 is 0. The van der Waals surface area contributed by atoms with E-state index in [0.29, 0.717) is 0 Å². The fourth-order valence-electron chi connectivity index (χ4n) is 1.19. The second-order valence-corrected chi connectivity index (χ2v) is 2.64. The molecule has 0 amide bonds. The summed E-state index contributed by atoms with van der Waals surface area (Å²) in [5.74, 6) is 1.95. The summed E-state index contributed by atoms with van der Waals surface area (Å²) in [6.07, 6.45) is 0.413. The maximum Gasteiger partial charge on any atom is 0.417 e. The van der Waals surface area contributed by atoms with Crippen LogP contribution in [-0.4, -0.2) is 5.11 Å². The van der Waals surface area contributed by atoms with Crippen molar-refractivity contribution in [2.45, 2.75) is 12.8 Å². The molecule has 0 aliphatic rings. The number of hydrogen-bond acceptors (Lipinski definition) is 1. The largest absolute Gasteiger partial charge is 0.417 e. The second kappa shape index (κ2) is 3.72. The molecule has 14 heavy (non-hydrogen) atoms. The van der Waals surface area contributed by atoms with Crippen LogP contribution >= 0.6 is 0 Å². The van der Waals surface area contributed by atoms with E-state index in [0.717, 1.165) is 0 Å². The molecule has 0 saturated carbocycles. The molecule has 0 fully saturated rings. The van der Waals surface area contributed by atoms with Crippen molar-refractivity contribution in [3.05, 3.63) is 34.9 Å². The topological polar surface area (TPSA) is 20.2 Å². The molecular weight excluding hydrogens is 193 g/mol. The average molecular weight is 200 g/mol. The lowest BCUT2D eigenvalue weighted by molar-refractivity contribution is -0.138. The molecule has 0 heterocycles. The number of aliphatic hydroxyl groups is 1. The third kappa shape index (κ3) is 1.88. The lowest BCUT2D eigenvalue weighted by Gasteiger charge is -2.12. The van der Waals surface area contributed by atoms with Gasteiger partial charge in [-0.3, -0.25) is 0 Å². The molecule has 0 radical (unpaired) electrons. The van der Waals surface area contributed by atoms with E-state index in [1.807, 2.05) is 5.92 Å². The Balaban J connectivity index is 3.44. The van der Waals surface area contributed by atoms with Gasteiger partial charge in [-0.05, 0) is 11.6 Å². The summed E-state index contributed by atoms with van der Waals surface area (Å²) < 4.78 is 37.4. The van der Waals surface area contributed by atoms with E-state index >= 15 is 0 Å². The van der Waals surface area contributed by atoms with Crippen molar-refractivity contribution in [3.8, 4) is 12.3 Å². The first-order valence-corrected chi connectivity index (χ1v) is 3.77. The Morgan fingerprint density at radius 3 is 2.43 bits per heavy atom. The third-order valence-corrected chi connectivity index (χ3v) is 1.76. The van der Waals surface area contributed by atoms with Crippen LogP contribution in [0.2, 0.25) is 0 Å². The summed E-state index contributed by atoms with van der Waals surface area (Å²) in [6.45, 7) is -0.676. The Labute approximate surface area is 79.2 Å². The van der Waals surface area contributed by atoms with Gasteiger partial charge in [-0.2, -0.15) is 13.2 Å². The van der Waals surface area contributed by atoms with Crippen molar-refractivity contribution < 1.29 is 18.3 Å². The van der Waals surface area contributed by atoms with Crippen molar-refractivity contribution in [2.24, 2.45) is 0 Å². The molecule has 1 aromatic rings. The molecule has 0 unspecified atom stereocenters. The van der Waals surface area contributed by atoms with Crippen LogP contribution < -0.4 is 0 Å². The van der Waals surface area contributed by atoms with Crippen molar-refractivity contribution in [1.29, 1.82) is 0 Å². The molecule has 0 atom stereocenters. The van der Waals surface area contributed by atoms with Gasteiger partial charge in [-0.1, -0.05) is 18.1 Å². The molecule has 0 bridgehead atoms. The molecular formula is C10H7F3O. The van der Waals surface area contributed by atoms with Crippen LogP contribution in [0, 0.1) is 12.3 Å². The molecule has 0 saturated heterocycles. The fourth-order valence-corrected chi connectivity index (χ4v) is 1.19. The molecule has 0 aliphatic heterocycles. The van der Waals surface area contributed by atoms with Crippen LogP contribution in [0.15, 0.2) is 18.2 Å². The number of benzene rings is 1. The fraction of sp³-hybridized carbons (Fsp3) is 0.200. The number of terminal acetylenes is 1. The van der Waals surface area contributed by atoms with E-state index < -0.39 is 18.3 Å². The number of rotatable bonds is 1. The zero-order chi connectivity index (χ0) is 10.8. The van der Waals surface area contributed by atoms with E-state index in [1.54, 1.807) is 0 Å². The Morgan fingerprint density at radius 2 is 2.00 bits per heavy atom. The molecule has 1 rings (SSSR count). The summed E-state index contributed by atoms with van der Waals surface area (Å²) in [5, 5.41) is 8.73. The highest BCUT2D eigenvalue weighted by molar-refractivity contribution is 5.46. The minimum absolute atomic E-state index is 0.201. The summed E-state index contributed by atoms with van der Waals surface area (Å²) in [7, 11) is 0. The van der Waals surface area contributed by atoms with Gasteiger partial charge in [0, 0.05) is 5.56 Å². The predicted octanol–water partition coefficient (Wildman–Crippen LogP) is 2.18. The van der Waals surface area contributed by atoms with Gasteiger partial charge in [0.2, 0.25) is 0 Å². The van der Waals surface area contributed by atoms with Crippen LogP contribution in [0.3, 0.4) is 0 Å². The van der Waals surface area contributed by atoms with Gasteiger partial charge in [0.25, 0.3) is 0 Å². The van der Waals surface area contributed by atoms with Crippen LogP contribution in [0.1, 0.15) is 16.7 Å². The normalized spacial score (nSPS) is 11.1. The molecule has 0 aromatic heterocycles. The first kappa shape index (κ1) is 10.6. The third-order valence-electron chi connectivity index (χ3n) is 1.76. The zero-order valence-electron chi connectivity index (χ0n) is 7.10. The van der Waals surface area contributed by atoms with E-state index in [2.05, 4.69) is 0 Å². The van der Waals surface area contributed by atoms with Crippen LogP contribution in [0.5, 0.6) is 0 Å². The van der Waals surface area contributed by atoms with Crippen molar-refractivity contribution in [1.82, 2.24) is 0 Å². The highest BCUT2D eigenvalue weighted by Gasteiger charge is 2.35. The smallest absolute Gasteiger partial charge is 0.392 e. The number of aliphatic hydroxyl groups excluding tert-OH is 1. The molecule has 1 N–H and O–H groups in total. The van der Waals surface area contributed by atoms with Gasteiger partial charge in [-0.25, -0.2) is 0 Å². The lowest BCUT2D eigenvalue weighted by atomic mass is 10.0. The van der Waals surface area contributed by atoms with E-state index in [-0.39, 0.29) is 11.1 Å². The summed E-state index contributed by atoms with van der Waals surface area (Å²) in [5.41, 5.74) is -1.37. The van der Waals surface area contributed by atoms with Gasteiger partial charge in [-0.15, -0.1) is 6.42 Å². The van der Waals surface area contributed by atoms with E-state index in [4.69, 9.17) is 11.5 Å². The van der Waals surface area contributed by atoms with Crippen molar-refractivity contribution >= 4 is 0 Å². The average Bonchev–Trinajstić information content (AvgIpc) is 2.15. The summed E-state index contributed by atoms with van der Waals surface area (Å²) in [6, 6.07) is 3.78. The zero-order valence-corrected chi connectivity index (χ0v) is 7.10. The quantitative estimate of drug-likeness (QED) is 0.689. The van der Waals surface area contributed by atoms with Gasteiger partial charge < -0.3 is 5.11 Å². The Bertz CT molecular complexity index is 374. The highest BCUT2D eigenvalue weighted by Crippen LogP contribution is 2.34. The van der Waals surface area contributed by atoms with Crippen LogP contribution in [0.4, 0.5) is 13.2 Å². The number of halogens is 3. The predicted molar refractivity (Wildman–Crippen MR) is 45.3 cm³/mol. The molecule has 0 spiro atoms. The van der Waals surface area contributed by atoms with Gasteiger partial charge in [0.05, 0.1) is 12.2 Å². The molecule has 74 valence electrons. The maximum absolute atomic E-state index is 12.5. The first-order chi connectivity index (χ1) is 6.50. The van der Waals surface area contributed by atoms with Crippen molar-refractivity contribution in [2.75, 3.05) is 0 Å². The molecule has 4 heteroatoms. The minimum Gasteiger partial charge on any atom is -0.392 e. The Hall–Kier alpha value is -1.47. The standard InChI is InChI=1S/C10H7F3O/c1-2-7-4-3-5-8(6-14)9(7)10(11,12)13/h1,3-5,14H,6H2. The molecule has 1 aromatic carbocycles. The Morgan fingerprint density at radius 1 is 1.36 bits per heavy atom. The van der Waals surface area contributed by atoms with Gasteiger partial charge in [0.1, 0.15) is 0 Å². The van der Waals surface area contributed by atoms with Crippen LogP contribution in [-0.2, 0) is 12.8 Å². The number of hydrogen-bond donors (Lipinski definition) is 1. The minimum atomic E-state index is -4.53. The number of alkyl halides is 3. The first-order valence-electron chi connectivity index (χ1n) is 3.77. The molecule has 1 nitrogen and oxygen atoms in total. The van der Waals surface area contributed by atoms with E-state index in [1.165, 1.54) is 18.2 Å². The van der Waals surface area contributed by atoms with E-state index in [9.17, 15) is 13.2 Å². The van der Waals surface area contributed by atoms with Crippen LogP contribution in [0.25, 0.3) is 0 Å². The summed E-state index contributed by atoms with van der Waals surface area (Å²) in [4.78, 5) is 0. The second-order valence-electron chi connectivity index (χ2n) is 2.64. The highest BCUT2D eigenvalue weighted by atomic mass is 19.4. The van der Waals surface area contributed by atoms with Gasteiger partial charge >= 0.3 is 6.18 Å². The lowest BCUT2D eigenvalue weighted by Crippen LogP contribution is -2.11. The molecule has 0 aliphatic carbocycles. The Kier molecular flexibility index (Phi) is 2.82. The SMILES string of the molecule is C#Cc1cccc(CO)c1C(F)(F)F. The van der Waals surface area contributed by atoms with Crippen molar-refractivity contribution in [3.63, 3.8) is 0 Å².